The zero-order chi connectivity index (χ0) is 17.8. The molecule has 0 aliphatic carbocycles. The molecule has 1 aliphatic rings. The van der Waals surface area contributed by atoms with Gasteiger partial charge in [-0.05, 0) is 37.3 Å². The fourth-order valence-electron chi connectivity index (χ4n) is 2.36. The van der Waals surface area contributed by atoms with E-state index in [1.807, 2.05) is 6.07 Å². The lowest BCUT2D eigenvalue weighted by molar-refractivity contribution is -0.122. The van der Waals surface area contributed by atoms with Crippen LogP contribution in [0.25, 0.3) is 0 Å². The van der Waals surface area contributed by atoms with E-state index in [-0.39, 0.29) is 18.4 Å². The van der Waals surface area contributed by atoms with E-state index in [9.17, 15) is 9.59 Å². The number of nitrogens with one attached hydrogen (secondary N) is 2. The van der Waals surface area contributed by atoms with Crippen LogP contribution in [0, 0.1) is 0 Å². The highest BCUT2D eigenvalue weighted by atomic mass is 16.5. The number of amides is 2. The fraction of sp³-hybridized carbons (Fsp3) is 0.222. The number of methoxy groups -OCH3 is 1. The van der Waals surface area contributed by atoms with Crippen LogP contribution in [0.5, 0.6) is 17.2 Å². The van der Waals surface area contributed by atoms with Crippen molar-refractivity contribution in [1.29, 1.82) is 0 Å². The molecule has 1 heterocycles. The molecule has 0 aromatic heterocycles. The topological polar surface area (TPSA) is 85.9 Å². The number of hydrogen-bond donors (Lipinski definition) is 2. The summed E-state index contributed by atoms with van der Waals surface area (Å²) < 4.78 is 16.2. The van der Waals surface area contributed by atoms with Crippen molar-refractivity contribution in [1.82, 2.24) is 0 Å². The van der Waals surface area contributed by atoms with Crippen LogP contribution >= 0.6 is 0 Å². The van der Waals surface area contributed by atoms with Crippen molar-refractivity contribution in [2.75, 3.05) is 24.4 Å². The van der Waals surface area contributed by atoms with Crippen LogP contribution in [0.1, 0.15) is 6.92 Å². The molecule has 7 nitrogen and oxygen atoms in total. The maximum atomic E-state index is 12.4. The largest absolute Gasteiger partial charge is 0.493 e. The van der Waals surface area contributed by atoms with Gasteiger partial charge in [-0.1, -0.05) is 12.1 Å². The second-order valence-corrected chi connectivity index (χ2v) is 5.45. The quantitative estimate of drug-likeness (QED) is 0.872. The average Bonchev–Trinajstić information content (AvgIpc) is 2.61. The molecule has 25 heavy (non-hydrogen) atoms. The highest BCUT2D eigenvalue weighted by Crippen LogP contribution is 2.31. The van der Waals surface area contributed by atoms with Crippen molar-refractivity contribution in [3.05, 3.63) is 42.5 Å². The third kappa shape index (κ3) is 3.82. The van der Waals surface area contributed by atoms with Gasteiger partial charge in [-0.3, -0.25) is 9.59 Å². The van der Waals surface area contributed by atoms with E-state index in [4.69, 9.17) is 14.2 Å². The van der Waals surface area contributed by atoms with Crippen molar-refractivity contribution < 1.29 is 23.8 Å². The zero-order valence-corrected chi connectivity index (χ0v) is 13.9. The van der Waals surface area contributed by atoms with E-state index in [2.05, 4.69) is 10.6 Å². The van der Waals surface area contributed by atoms with Crippen molar-refractivity contribution in [2.45, 2.75) is 13.0 Å². The first-order valence-corrected chi connectivity index (χ1v) is 7.74. The highest BCUT2D eigenvalue weighted by molar-refractivity contribution is 5.98. The molecule has 2 aromatic carbocycles. The van der Waals surface area contributed by atoms with Gasteiger partial charge in [0.15, 0.2) is 24.2 Å². The number of ether oxygens (including phenoxy) is 3. The second kappa shape index (κ2) is 7.12. The van der Waals surface area contributed by atoms with E-state index < -0.39 is 6.10 Å². The van der Waals surface area contributed by atoms with Gasteiger partial charge < -0.3 is 24.8 Å². The lowest BCUT2D eigenvalue weighted by Gasteiger charge is -2.20. The Morgan fingerprint density at radius 3 is 2.76 bits per heavy atom. The SMILES string of the molecule is COc1ccccc1O[C@H](C)C(=O)Nc1ccc2c(c1)NC(=O)CO2. The third-order valence-corrected chi connectivity index (χ3v) is 3.62. The van der Waals surface area contributed by atoms with Gasteiger partial charge in [0, 0.05) is 5.69 Å². The molecule has 2 aromatic rings. The second-order valence-electron chi connectivity index (χ2n) is 5.45. The Labute approximate surface area is 144 Å². The molecule has 0 bridgehead atoms. The Hall–Kier alpha value is -3.22. The number of benzene rings is 2. The first kappa shape index (κ1) is 16.6. The van der Waals surface area contributed by atoms with E-state index >= 15 is 0 Å². The maximum Gasteiger partial charge on any atom is 0.265 e. The van der Waals surface area contributed by atoms with Gasteiger partial charge in [0.1, 0.15) is 5.75 Å². The highest BCUT2D eigenvalue weighted by Gasteiger charge is 2.19. The minimum absolute atomic E-state index is 0.0114. The summed E-state index contributed by atoms with van der Waals surface area (Å²) in [6.07, 6.45) is -0.738. The molecule has 7 heteroatoms. The summed E-state index contributed by atoms with van der Waals surface area (Å²) in [5, 5.41) is 5.45. The van der Waals surface area contributed by atoms with Crippen molar-refractivity contribution >= 4 is 23.2 Å². The first-order valence-electron chi connectivity index (χ1n) is 7.74. The number of rotatable bonds is 5. The molecule has 0 spiro atoms. The molecule has 0 radical (unpaired) electrons. The summed E-state index contributed by atoms with van der Waals surface area (Å²) in [6.45, 7) is 1.63. The summed E-state index contributed by atoms with van der Waals surface area (Å²) in [5.74, 6) is 1.04. The van der Waals surface area contributed by atoms with Crippen LogP contribution in [0.15, 0.2) is 42.5 Å². The molecule has 0 saturated heterocycles. The maximum absolute atomic E-state index is 12.4. The van der Waals surface area contributed by atoms with Crippen LogP contribution in [0.2, 0.25) is 0 Å². The van der Waals surface area contributed by atoms with E-state index in [1.54, 1.807) is 43.3 Å². The van der Waals surface area contributed by atoms with Gasteiger partial charge >= 0.3 is 0 Å². The number of fused-ring (bicyclic) bond motifs is 1. The number of hydrogen-bond acceptors (Lipinski definition) is 5. The van der Waals surface area contributed by atoms with E-state index in [0.717, 1.165) is 0 Å². The lowest BCUT2D eigenvalue weighted by atomic mass is 10.2. The molecule has 0 saturated carbocycles. The molecule has 0 fully saturated rings. The van der Waals surface area contributed by atoms with Crippen LogP contribution < -0.4 is 24.8 Å². The Morgan fingerprint density at radius 2 is 2.00 bits per heavy atom. The molecule has 130 valence electrons. The monoisotopic (exact) mass is 342 g/mol. The zero-order valence-electron chi connectivity index (χ0n) is 13.9. The summed E-state index contributed by atoms with van der Waals surface area (Å²) in [7, 11) is 1.54. The number of carbonyl (C=O) groups is 2. The number of para-hydroxylation sites is 2. The Balaban J connectivity index is 1.67. The third-order valence-electron chi connectivity index (χ3n) is 3.62. The minimum Gasteiger partial charge on any atom is -0.493 e. The molecule has 3 rings (SSSR count). The molecular formula is C18H18N2O5. The van der Waals surface area contributed by atoms with Gasteiger partial charge in [0.2, 0.25) is 0 Å². The van der Waals surface area contributed by atoms with Crippen LogP contribution in [0.3, 0.4) is 0 Å². The van der Waals surface area contributed by atoms with Crippen molar-refractivity contribution in [3.8, 4) is 17.2 Å². The smallest absolute Gasteiger partial charge is 0.265 e. The number of carbonyl (C=O) groups excluding carboxylic acids is 2. The van der Waals surface area contributed by atoms with Gasteiger partial charge in [-0.25, -0.2) is 0 Å². The van der Waals surface area contributed by atoms with Gasteiger partial charge in [-0.15, -0.1) is 0 Å². The van der Waals surface area contributed by atoms with E-state index in [0.29, 0.717) is 28.6 Å². The Kier molecular flexibility index (Phi) is 4.74. The van der Waals surface area contributed by atoms with E-state index in [1.165, 1.54) is 7.11 Å². The molecule has 1 aliphatic heterocycles. The van der Waals surface area contributed by atoms with Crippen LogP contribution in [0.4, 0.5) is 11.4 Å². The molecule has 0 unspecified atom stereocenters. The first-order chi connectivity index (χ1) is 12.1. The standard InChI is InChI=1S/C18H18N2O5/c1-11(25-16-6-4-3-5-15(16)23-2)18(22)19-12-7-8-14-13(9-12)20-17(21)10-24-14/h3-9,11H,10H2,1-2H3,(H,19,22)(H,20,21)/t11-/m1/s1. The number of anilines is 2. The predicted octanol–water partition coefficient (Wildman–Crippen LogP) is 2.43. The summed E-state index contributed by atoms with van der Waals surface area (Å²) in [6, 6.07) is 12.1. The Morgan fingerprint density at radius 1 is 1.24 bits per heavy atom. The average molecular weight is 342 g/mol. The predicted molar refractivity (Wildman–Crippen MR) is 92.3 cm³/mol. The van der Waals surface area contributed by atoms with Gasteiger partial charge in [0.05, 0.1) is 12.8 Å². The molecule has 2 amide bonds. The summed E-state index contributed by atoms with van der Waals surface area (Å²) in [5.41, 5.74) is 1.05. The van der Waals surface area contributed by atoms with Gasteiger partial charge in [-0.2, -0.15) is 0 Å². The van der Waals surface area contributed by atoms with Gasteiger partial charge in [0.25, 0.3) is 11.8 Å². The lowest BCUT2D eigenvalue weighted by Crippen LogP contribution is -2.30. The summed E-state index contributed by atoms with van der Waals surface area (Å²) in [4.78, 5) is 23.7. The normalized spacial score (nSPS) is 13.8. The van der Waals surface area contributed by atoms with Crippen LogP contribution in [-0.2, 0) is 9.59 Å². The van der Waals surface area contributed by atoms with Crippen LogP contribution in [-0.4, -0.2) is 31.6 Å². The molecule has 2 N–H and O–H groups in total. The van der Waals surface area contributed by atoms with Crippen molar-refractivity contribution in [3.63, 3.8) is 0 Å². The molecule has 1 atom stereocenters. The molecular weight excluding hydrogens is 324 g/mol. The summed E-state index contributed by atoms with van der Waals surface area (Å²) >= 11 is 0. The fourth-order valence-corrected chi connectivity index (χ4v) is 2.36. The van der Waals surface area contributed by atoms with Crippen molar-refractivity contribution in [2.24, 2.45) is 0 Å². The minimum atomic E-state index is -0.738. The Bertz CT molecular complexity index is 806.